The highest BCUT2D eigenvalue weighted by Crippen LogP contribution is 2.22. The summed E-state index contributed by atoms with van der Waals surface area (Å²) in [6.07, 6.45) is 0. The average molecular weight is 240 g/mol. The van der Waals surface area contributed by atoms with E-state index in [9.17, 15) is 4.79 Å². The van der Waals surface area contributed by atoms with E-state index in [4.69, 9.17) is 17.3 Å². The number of hydrogen-bond donors (Lipinski definition) is 1. The summed E-state index contributed by atoms with van der Waals surface area (Å²) in [5.74, 6) is 0. The number of halogens is 1. The maximum absolute atomic E-state index is 12.0. The summed E-state index contributed by atoms with van der Waals surface area (Å²) in [5, 5.41) is 0.579. The highest BCUT2D eigenvalue weighted by atomic mass is 35.5. The summed E-state index contributed by atoms with van der Waals surface area (Å²) < 4.78 is 3.21. The van der Waals surface area contributed by atoms with E-state index in [2.05, 4.69) is 0 Å². The summed E-state index contributed by atoms with van der Waals surface area (Å²) in [6, 6.07) is 5.40. The molecule has 1 aromatic heterocycles. The molecule has 0 bridgehead atoms. The number of nitrogens with zero attached hydrogens (tertiary/aromatic N) is 2. The Morgan fingerprint density at radius 2 is 2.19 bits per heavy atom. The first kappa shape index (κ1) is 11.2. The Balaban J connectivity index is 2.81. The van der Waals surface area contributed by atoms with Gasteiger partial charge in [-0.1, -0.05) is 17.7 Å². The summed E-state index contributed by atoms with van der Waals surface area (Å²) in [5.41, 5.74) is 7.24. The Kier molecular flexibility index (Phi) is 2.78. The zero-order chi connectivity index (χ0) is 11.9. The topological polar surface area (TPSA) is 52.9 Å². The molecule has 2 aromatic rings. The smallest absolute Gasteiger partial charge is 0.326 e. The first-order chi connectivity index (χ1) is 7.52. The third kappa shape index (κ3) is 1.64. The number of aromatic nitrogens is 2. The van der Waals surface area contributed by atoms with Crippen molar-refractivity contribution in [3.8, 4) is 0 Å². The molecule has 16 heavy (non-hydrogen) atoms. The molecule has 0 aliphatic heterocycles. The van der Waals surface area contributed by atoms with Gasteiger partial charge >= 0.3 is 5.69 Å². The van der Waals surface area contributed by atoms with E-state index >= 15 is 0 Å². The predicted octanol–water partition coefficient (Wildman–Crippen LogP) is 1.34. The second-order valence-electron chi connectivity index (χ2n) is 4.04. The van der Waals surface area contributed by atoms with Gasteiger partial charge in [0.1, 0.15) is 0 Å². The van der Waals surface area contributed by atoms with Crippen LogP contribution in [0.25, 0.3) is 11.0 Å². The molecule has 0 radical (unpaired) electrons. The molecule has 5 heteroatoms. The quantitative estimate of drug-likeness (QED) is 0.860. The summed E-state index contributed by atoms with van der Waals surface area (Å²) in [4.78, 5) is 12.0. The molecule has 0 fully saturated rings. The molecule has 1 heterocycles. The van der Waals surface area contributed by atoms with Crippen LogP contribution in [0.15, 0.2) is 23.0 Å². The van der Waals surface area contributed by atoms with Crippen molar-refractivity contribution in [2.24, 2.45) is 12.8 Å². The summed E-state index contributed by atoms with van der Waals surface area (Å²) >= 11 is 6.12. The van der Waals surface area contributed by atoms with Crippen molar-refractivity contribution < 1.29 is 0 Å². The van der Waals surface area contributed by atoms with Gasteiger partial charge < -0.3 is 5.73 Å². The lowest BCUT2D eigenvalue weighted by Crippen LogP contribution is -2.30. The minimum absolute atomic E-state index is 0.0830. The molecule has 2 N–H and O–H groups in total. The number of nitrogens with two attached hydrogens (primary N) is 1. The molecule has 86 valence electrons. The monoisotopic (exact) mass is 239 g/mol. The molecule has 0 aliphatic carbocycles. The second kappa shape index (κ2) is 3.96. The molecule has 0 saturated carbocycles. The fraction of sp³-hybridized carbons (Fsp3) is 0.364. The van der Waals surface area contributed by atoms with E-state index in [0.717, 1.165) is 11.0 Å². The molecule has 1 aromatic carbocycles. The van der Waals surface area contributed by atoms with Crippen molar-refractivity contribution in [3.05, 3.63) is 33.7 Å². The van der Waals surface area contributed by atoms with E-state index in [1.165, 1.54) is 0 Å². The highest BCUT2D eigenvalue weighted by Gasteiger charge is 2.13. The van der Waals surface area contributed by atoms with Gasteiger partial charge in [-0.3, -0.25) is 9.13 Å². The Hall–Kier alpha value is -1.26. The number of aryl methyl sites for hydroxylation is 1. The van der Waals surface area contributed by atoms with Gasteiger partial charge in [0, 0.05) is 19.6 Å². The van der Waals surface area contributed by atoms with Crippen molar-refractivity contribution in [2.45, 2.75) is 19.5 Å². The van der Waals surface area contributed by atoms with Gasteiger partial charge in [-0.2, -0.15) is 0 Å². The van der Waals surface area contributed by atoms with Gasteiger partial charge in [-0.15, -0.1) is 0 Å². The van der Waals surface area contributed by atoms with E-state index in [0.29, 0.717) is 11.6 Å². The van der Waals surface area contributed by atoms with Crippen LogP contribution in [0.1, 0.15) is 6.92 Å². The van der Waals surface area contributed by atoms with Gasteiger partial charge in [0.2, 0.25) is 0 Å². The van der Waals surface area contributed by atoms with Gasteiger partial charge in [0.25, 0.3) is 0 Å². The molecule has 0 saturated heterocycles. The number of hydrogen-bond acceptors (Lipinski definition) is 2. The van der Waals surface area contributed by atoms with Crippen molar-refractivity contribution in [3.63, 3.8) is 0 Å². The van der Waals surface area contributed by atoms with Crippen LogP contribution in [0.5, 0.6) is 0 Å². The standard InChI is InChI=1S/C11H14ClN3O/c1-7(13)6-15-10-8(12)4-3-5-9(10)14(2)11(15)16/h3-5,7H,6,13H2,1-2H3. The largest absolute Gasteiger partial charge is 0.328 e. The molecule has 0 amide bonds. The van der Waals surface area contributed by atoms with E-state index in [1.807, 2.05) is 19.1 Å². The maximum atomic E-state index is 12.0. The van der Waals surface area contributed by atoms with E-state index < -0.39 is 0 Å². The lowest BCUT2D eigenvalue weighted by molar-refractivity contribution is 0.577. The lowest BCUT2D eigenvalue weighted by atomic mass is 10.3. The molecule has 1 unspecified atom stereocenters. The van der Waals surface area contributed by atoms with Gasteiger partial charge in [0.05, 0.1) is 16.1 Å². The van der Waals surface area contributed by atoms with E-state index in [1.54, 1.807) is 22.2 Å². The number of para-hydroxylation sites is 1. The van der Waals surface area contributed by atoms with Crippen LogP contribution in [-0.4, -0.2) is 15.2 Å². The van der Waals surface area contributed by atoms with Crippen LogP contribution in [-0.2, 0) is 13.6 Å². The SMILES string of the molecule is CC(N)Cn1c(=O)n(C)c2cccc(Cl)c21. The molecule has 0 aliphatic rings. The van der Waals surface area contributed by atoms with Crippen molar-refractivity contribution in [1.29, 1.82) is 0 Å². The zero-order valence-electron chi connectivity index (χ0n) is 9.27. The minimum atomic E-state index is -0.0837. The van der Waals surface area contributed by atoms with Gasteiger partial charge in [-0.05, 0) is 19.1 Å². The fourth-order valence-corrected chi connectivity index (χ4v) is 2.15. The Morgan fingerprint density at radius 3 is 2.81 bits per heavy atom. The van der Waals surface area contributed by atoms with Crippen LogP contribution in [0, 0.1) is 0 Å². The molecule has 4 nitrogen and oxygen atoms in total. The summed E-state index contributed by atoms with van der Waals surface area (Å²) in [6.45, 7) is 2.34. The van der Waals surface area contributed by atoms with Gasteiger partial charge in [0.15, 0.2) is 0 Å². The van der Waals surface area contributed by atoms with Gasteiger partial charge in [-0.25, -0.2) is 4.79 Å². The Morgan fingerprint density at radius 1 is 1.50 bits per heavy atom. The first-order valence-electron chi connectivity index (χ1n) is 5.11. The van der Waals surface area contributed by atoms with Crippen molar-refractivity contribution in [1.82, 2.24) is 9.13 Å². The summed E-state index contributed by atoms with van der Waals surface area (Å²) in [7, 11) is 1.73. The van der Waals surface area contributed by atoms with Crippen molar-refractivity contribution in [2.75, 3.05) is 0 Å². The maximum Gasteiger partial charge on any atom is 0.328 e. The Bertz CT molecular complexity index is 583. The number of fused-ring (bicyclic) bond motifs is 1. The predicted molar refractivity (Wildman–Crippen MR) is 65.8 cm³/mol. The number of benzene rings is 1. The molecule has 2 rings (SSSR count). The third-order valence-electron chi connectivity index (χ3n) is 2.59. The normalized spacial score (nSPS) is 13.2. The molecular formula is C11H14ClN3O. The molecular weight excluding hydrogens is 226 g/mol. The number of rotatable bonds is 2. The lowest BCUT2D eigenvalue weighted by Gasteiger charge is -2.06. The zero-order valence-corrected chi connectivity index (χ0v) is 10.0. The highest BCUT2D eigenvalue weighted by molar-refractivity contribution is 6.35. The first-order valence-corrected chi connectivity index (χ1v) is 5.49. The van der Waals surface area contributed by atoms with Crippen LogP contribution in [0.3, 0.4) is 0 Å². The molecule has 1 atom stereocenters. The van der Waals surface area contributed by atoms with Crippen LogP contribution in [0.4, 0.5) is 0 Å². The van der Waals surface area contributed by atoms with E-state index in [-0.39, 0.29) is 11.7 Å². The second-order valence-corrected chi connectivity index (χ2v) is 4.44. The van der Waals surface area contributed by atoms with Crippen LogP contribution >= 0.6 is 11.6 Å². The van der Waals surface area contributed by atoms with Crippen LogP contribution < -0.4 is 11.4 Å². The minimum Gasteiger partial charge on any atom is -0.326 e. The average Bonchev–Trinajstić information content (AvgIpc) is 2.45. The molecule has 0 spiro atoms. The Labute approximate surface area is 98.2 Å². The third-order valence-corrected chi connectivity index (χ3v) is 2.89. The fourth-order valence-electron chi connectivity index (χ4n) is 1.88. The van der Waals surface area contributed by atoms with Crippen LogP contribution in [0.2, 0.25) is 5.02 Å². The van der Waals surface area contributed by atoms with Crippen molar-refractivity contribution >= 4 is 22.6 Å². The number of imidazole rings is 1.